The Hall–Kier alpha value is -3.65. The van der Waals surface area contributed by atoms with Crippen molar-refractivity contribution in [2.45, 2.75) is 26.2 Å². The molecule has 0 fully saturated rings. The van der Waals surface area contributed by atoms with Crippen molar-refractivity contribution in [3.8, 4) is 16.9 Å². The van der Waals surface area contributed by atoms with Gasteiger partial charge in [0.2, 0.25) is 10.0 Å². The van der Waals surface area contributed by atoms with Crippen molar-refractivity contribution in [3.63, 3.8) is 0 Å². The molecule has 1 aromatic heterocycles. The van der Waals surface area contributed by atoms with Gasteiger partial charge >= 0.3 is 5.97 Å². The second-order valence-electron chi connectivity index (χ2n) is 9.01. The molecule has 0 aliphatic carbocycles. The maximum atomic E-state index is 12.9. The van der Waals surface area contributed by atoms with Gasteiger partial charge in [0.1, 0.15) is 5.75 Å². The fourth-order valence-corrected chi connectivity index (χ4v) is 4.19. The molecule has 0 atom stereocenters. The van der Waals surface area contributed by atoms with Crippen LogP contribution in [0.15, 0.2) is 59.5 Å². The van der Waals surface area contributed by atoms with Crippen molar-refractivity contribution in [2.24, 2.45) is 0 Å². The molecular formula is C25H24N2O5S. The molecule has 0 saturated carbocycles. The van der Waals surface area contributed by atoms with Crippen molar-refractivity contribution in [2.75, 3.05) is 11.0 Å². The van der Waals surface area contributed by atoms with Crippen LogP contribution in [0.1, 0.15) is 37.5 Å². The third-order valence-corrected chi connectivity index (χ3v) is 5.90. The first kappa shape index (κ1) is 22.5. The Bertz CT molecular complexity index is 1440. The number of benzene rings is 2. The van der Waals surface area contributed by atoms with Gasteiger partial charge in [-0.1, -0.05) is 32.9 Å². The molecule has 7 nitrogen and oxygen atoms in total. The number of fused-ring (bicyclic) bond motifs is 1. The highest BCUT2D eigenvalue weighted by molar-refractivity contribution is 7.92. The molecule has 2 heterocycles. The smallest absolute Gasteiger partial charge is 0.344 e. The van der Waals surface area contributed by atoms with E-state index in [1.165, 1.54) is 0 Å². The molecule has 4 rings (SSSR count). The highest BCUT2D eigenvalue weighted by Gasteiger charge is 2.32. The average Bonchev–Trinajstić information content (AvgIpc) is 3.03. The first-order chi connectivity index (χ1) is 15.4. The lowest BCUT2D eigenvalue weighted by atomic mass is 9.83. The minimum absolute atomic E-state index is 0.235. The number of sulfonamides is 1. The number of ether oxygens (including phenoxy) is 1. The quantitative estimate of drug-likeness (QED) is 0.343. The standard InChI is InChI=1S/C25H24N2O5S/c1-25(2,3)16-13-19(18-6-5-11-26-23(18)28)22-20(14-16)21(24(29)32-22)12-15-7-9-17(10-8-15)27-33(4,30)31/h5-14,27H,1-4H3,(H,26,28)/b21-12-. The predicted molar refractivity (Wildman–Crippen MR) is 130 cm³/mol. The molecule has 0 amide bonds. The summed E-state index contributed by atoms with van der Waals surface area (Å²) in [5.41, 5.74) is 3.54. The van der Waals surface area contributed by atoms with E-state index in [-0.39, 0.29) is 11.0 Å². The van der Waals surface area contributed by atoms with E-state index in [0.717, 1.165) is 11.8 Å². The van der Waals surface area contributed by atoms with E-state index in [1.807, 2.05) is 12.1 Å². The largest absolute Gasteiger partial charge is 0.422 e. The van der Waals surface area contributed by atoms with Crippen molar-refractivity contribution < 1.29 is 17.9 Å². The molecule has 170 valence electrons. The zero-order valence-electron chi connectivity index (χ0n) is 18.7. The number of aromatic nitrogens is 1. The minimum atomic E-state index is -3.38. The van der Waals surface area contributed by atoms with Crippen LogP contribution in [-0.2, 0) is 20.2 Å². The third-order valence-electron chi connectivity index (χ3n) is 5.29. The van der Waals surface area contributed by atoms with Gasteiger partial charge in [-0.3, -0.25) is 9.52 Å². The summed E-state index contributed by atoms with van der Waals surface area (Å²) < 4.78 is 30.9. The van der Waals surface area contributed by atoms with Crippen LogP contribution in [0.25, 0.3) is 22.8 Å². The number of hydrogen-bond acceptors (Lipinski definition) is 5. The molecule has 8 heteroatoms. The highest BCUT2D eigenvalue weighted by Crippen LogP contribution is 2.44. The van der Waals surface area contributed by atoms with Crippen LogP contribution < -0.4 is 15.0 Å². The van der Waals surface area contributed by atoms with E-state index in [9.17, 15) is 18.0 Å². The average molecular weight is 465 g/mol. The zero-order valence-corrected chi connectivity index (χ0v) is 19.5. The second-order valence-corrected chi connectivity index (χ2v) is 10.8. The molecule has 3 aromatic rings. The Labute approximate surface area is 192 Å². The van der Waals surface area contributed by atoms with Gasteiger partial charge < -0.3 is 9.72 Å². The molecule has 2 aromatic carbocycles. The van der Waals surface area contributed by atoms with E-state index in [4.69, 9.17) is 4.74 Å². The number of anilines is 1. The topological polar surface area (TPSA) is 105 Å². The Morgan fingerprint density at radius 2 is 1.64 bits per heavy atom. The van der Waals surface area contributed by atoms with Crippen LogP contribution >= 0.6 is 0 Å². The van der Waals surface area contributed by atoms with Crippen molar-refractivity contribution in [1.29, 1.82) is 0 Å². The molecule has 0 unspecified atom stereocenters. The Balaban J connectivity index is 1.86. The number of pyridine rings is 1. The fraction of sp³-hybridized carbons (Fsp3) is 0.200. The summed E-state index contributed by atoms with van der Waals surface area (Å²) in [6.07, 6.45) is 4.33. The number of hydrogen-bond donors (Lipinski definition) is 2. The van der Waals surface area contributed by atoms with Crippen molar-refractivity contribution in [1.82, 2.24) is 4.98 Å². The summed E-state index contributed by atoms with van der Waals surface area (Å²) in [5, 5.41) is 0. The summed E-state index contributed by atoms with van der Waals surface area (Å²) in [6.45, 7) is 6.17. The number of aromatic amines is 1. The van der Waals surface area contributed by atoms with Crippen LogP contribution in [0, 0.1) is 0 Å². The van der Waals surface area contributed by atoms with Gasteiger partial charge in [-0.2, -0.15) is 0 Å². The van der Waals surface area contributed by atoms with Gasteiger partial charge in [0, 0.05) is 23.0 Å². The molecule has 1 aliphatic heterocycles. The molecule has 0 bridgehead atoms. The summed E-state index contributed by atoms with van der Waals surface area (Å²) >= 11 is 0. The molecule has 0 spiro atoms. The Morgan fingerprint density at radius 1 is 0.970 bits per heavy atom. The number of H-pyrrole nitrogens is 1. The predicted octanol–water partition coefficient (Wildman–Crippen LogP) is 4.17. The lowest BCUT2D eigenvalue weighted by molar-refractivity contribution is -0.126. The number of rotatable bonds is 4. The van der Waals surface area contributed by atoms with Gasteiger partial charge in [0.25, 0.3) is 5.56 Å². The SMILES string of the molecule is CC(C)(C)c1cc2c(c(-c3ccc[nH]c3=O)c1)OC(=O)/C2=C\c1ccc(NS(C)(=O)=O)cc1. The number of esters is 1. The summed E-state index contributed by atoms with van der Waals surface area (Å²) in [6, 6.07) is 13.9. The van der Waals surface area contributed by atoms with Crippen LogP contribution in [0.3, 0.4) is 0 Å². The molecule has 1 aliphatic rings. The van der Waals surface area contributed by atoms with E-state index in [2.05, 4.69) is 30.5 Å². The van der Waals surface area contributed by atoms with E-state index in [1.54, 1.807) is 48.7 Å². The fourth-order valence-electron chi connectivity index (χ4n) is 3.63. The van der Waals surface area contributed by atoms with Crippen molar-refractivity contribution >= 4 is 33.3 Å². The minimum Gasteiger partial charge on any atom is -0.422 e. The zero-order chi connectivity index (χ0) is 24.0. The van der Waals surface area contributed by atoms with Gasteiger partial charge in [-0.25, -0.2) is 13.2 Å². The maximum Gasteiger partial charge on any atom is 0.344 e. The van der Waals surface area contributed by atoms with Crippen LogP contribution in [0.2, 0.25) is 0 Å². The molecule has 33 heavy (non-hydrogen) atoms. The second kappa shape index (κ2) is 8.04. The number of nitrogens with one attached hydrogen (secondary N) is 2. The normalized spacial score (nSPS) is 14.8. The monoisotopic (exact) mass is 464 g/mol. The van der Waals surface area contributed by atoms with Gasteiger partial charge in [-0.15, -0.1) is 0 Å². The number of carbonyl (C=O) groups is 1. The first-order valence-corrected chi connectivity index (χ1v) is 12.2. The molecule has 0 radical (unpaired) electrons. The van der Waals surface area contributed by atoms with Crippen LogP contribution in [0.5, 0.6) is 5.75 Å². The maximum absolute atomic E-state index is 12.9. The lowest BCUT2D eigenvalue weighted by Crippen LogP contribution is -2.13. The molecule has 0 saturated heterocycles. The Morgan fingerprint density at radius 3 is 2.24 bits per heavy atom. The lowest BCUT2D eigenvalue weighted by Gasteiger charge is -2.21. The van der Waals surface area contributed by atoms with Gasteiger partial charge in [-0.05, 0) is 59.0 Å². The summed E-state index contributed by atoms with van der Waals surface area (Å²) in [4.78, 5) is 28.0. The first-order valence-electron chi connectivity index (χ1n) is 10.3. The van der Waals surface area contributed by atoms with Crippen LogP contribution in [0.4, 0.5) is 5.69 Å². The number of carbonyl (C=O) groups excluding carboxylic acids is 1. The van der Waals surface area contributed by atoms with E-state index >= 15 is 0 Å². The van der Waals surface area contributed by atoms with E-state index < -0.39 is 16.0 Å². The molecule has 2 N–H and O–H groups in total. The van der Waals surface area contributed by atoms with Gasteiger partial charge in [0.05, 0.1) is 17.4 Å². The summed E-state index contributed by atoms with van der Waals surface area (Å²) in [5.74, 6) is -0.158. The Kier molecular flexibility index (Phi) is 5.49. The van der Waals surface area contributed by atoms with E-state index in [0.29, 0.717) is 39.3 Å². The summed E-state index contributed by atoms with van der Waals surface area (Å²) in [7, 11) is -3.38. The van der Waals surface area contributed by atoms with Gasteiger partial charge in [0.15, 0.2) is 0 Å². The van der Waals surface area contributed by atoms with Crippen molar-refractivity contribution in [3.05, 3.63) is 81.8 Å². The van der Waals surface area contributed by atoms with Crippen LogP contribution in [-0.4, -0.2) is 25.6 Å². The third kappa shape index (κ3) is 4.75. The molecular weight excluding hydrogens is 440 g/mol. The highest BCUT2D eigenvalue weighted by atomic mass is 32.2.